The smallest absolute Gasteiger partial charge is 0.256 e. The molecular formula is C13H24F2N2. The maximum Gasteiger partial charge on any atom is 0.256 e. The van der Waals surface area contributed by atoms with E-state index in [0.717, 1.165) is 26.1 Å². The summed E-state index contributed by atoms with van der Waals surface area (Å²) in [7, 11) is 0. The van der Waals surface area contributed by atoms with Gasteiger partial charge < -0.3 is 4.90 Å². The van der Waals surface area contributed by atoms with Gasteiger partial charge in [0.25, 0.3) is 5.92 Å². The Hall–Kier alpha value is -0.220. The van der Waals surface area contributed by atoms with Gasteiger partial charge in [-0.2, -0.15) is 0 Å². The van der Waals surface area contributed by atoms with Crippen LogP contribution in [0.15, 0.2) is 0 Å². The number of hydrogen-bond donors (Lipinski definition) is 0. The van der Waals surface area contributed by atoms with Gasteiger partial charge in [-0.3, -0.25) is 4.90 Å². The van der Waals surface area contributed by atoms with E-state index in [1.807, 2.05) is 0 Å². The van der Waals surface area contributed by atoms with Crippen LogP contribution in [0.25, 0.3) is 0 Å². The summed E-state index contributed by atoms with van der Waals surface area (Å²) in [6.07, 6.45) is 0.822. The van der Waals surface area contributed by atoms with Gasteiger partial charge in [0.05, 0.1) is 5.41 Å². The van der Waals surface area contributed by atoms with E-state index in [-0.39, 0.29) is 6.42 Å². The highest BCUT2D eigenvalue weighted by Gasteiger charge is 2.66. The SMILES string of the molecule is CCN(CC)[C@@H](C)CN1CC2(CCC2(F)F)C1. The first-order chi connectivity index (χ1) is 7.94. The van der Waals surface area contributed by atoms with Gasteiger partial charge in [0.1, 0.15) is 0 Å². The molecule has 0 amide bonds. The first-order valence-electron chi connectivity index (χ1n) is 6.78. The molecule has 1 aliphatic carbocycles. The Morgan fingerprint density at radius 1 is 1.18 bits per heavy atom. The van der Waals surface area contributed by atoms with E-state index in [0.29, 0.717) is 19.1 Å². The molecule has 0 bridgehead atoms. The van der Waals surface area contributed by atoms with Crippen molar-refractivity contribution in [2.75, 3.05) is 32.7 Å². The zero-order valence-electron chi connectivity index (χ0n) is 11.2. The summed E-state index contributed by atoms with van der Waals surface area (Å²) in [5.74, 6) is -2.39. The molecule has 0 N–H and O–H groups in total. The molecule has 2 nitrogen and oxygen atoms in total. The Morgan fingerprint density at radius 2 is 1.76 bits per heavy atom. The van der Waals surface area contributed by atoms with Crippen LogP contribution >= 0.6 is 0 Å². The molecule has 100 valence electrons. The zero-order valence-corrected chi connectivity index (χ0v) is 11.2. The Morgan fingerprint density at radius 3 is 2.12 bits per heavy atom. The molecule has 17 heavy (non-hydrogen) atoms. The molecule has 0 radical (unpaired) electrons. The molecule has 1 saturated carbocycles. The summed E-state index contributed by atoms with van der Waals surface area (Å²) < 4.78 is 26.8. The van der Waals surface area contributed by atoms with Crippen molar-refractivity contribution in [1.29, 1.82) is 0 Å². The molecule has 0 aromatic heterocycles. The van der Waals surface area contributed by atoms with Crippen molar-refractivity contribution >= 4 is 0 Å². The van der Waals surface area contributed by atoms with Gasteiger partial charge in [0, 0.05) is 32.1 Å². The number of alkyl halides is 2. The minimum Gasteiger partial charge on any atom is -0.300 e. The number of likely N-dealkylation sites (N-methyl/N-ethyl adjacent to an activating group) is 1. The molecular weight excluding hydrogens is 222 g/mol. The normalized spacial score (nSPS) is 27.9. The molecule has 1 atom stereocenters. The molecule has 1 heterocycles. The van der Waals surface area contributed by atoms with E-state index in [4.69, 9.17) is 0 Å². The lowest BCUT2D eigenvalue weighted by molar-refractivity contribution is -0.259. The van der Waals surface area contributed by atoms with Crippen LogP contribution in [0.5, 0.6) is 0 Å². The van der Waals surface area contributed by atoms with Crippen LogP contribution in [0.4, 0.5) is 8.78 Å². The van der Waals surface area contributed by atoms with Crippen LogP contribution in [-0.2, 0) is 0 Å². The average Bonchev–Trinajstić information content (AvgIpc) is 2.22. The fourth-order valence-corrected chi connectivity index (χ4v) is 3.33. The Labute approximate surface area is 103 Å². The lowest BCUT2D eigenvalue weighted by atomic mass is 9.60. The van der Waals surface area contributed by atoms with Crippen LogP contribution in [-0.4, -0.2) is 54.5 Å². The zero-order chi connectivity index (χ0) is 12.7. The maximum absolute atomic E-state index is 13.4. The highest BCUT2D eigenvalue weighted by molar-refractivity contribution is 5.11. The number of rotatable bonds is 5. The largest absolute Gasteiger partial charge is 0.300 e. The van der Waals surface area contributed by atoms with Crippen molar-refractivity contribution in [3.63, 3.8) is 0 Å². The number of halogens is 2. The van der Waals surface area contributed by atoms with Crippen molar-refractivity contribution < 1.29 is 8.78 Å². The molecule has 2 rings (SSSR count). The molecule has 4 heteroatoms. The molecule has 1 saturated heterocycles. The standard InChI is InChI=1S/C13H24F2N2/c1-4-17(5-2)11(3)8-16-9-12(10-16)6-7-13(12,14)15/h11H,4-10H2,1-3H3/t11-/m0/s1. The topological polar surface area (TPSA) is 6.48 Å². The van der Waals surface area contributed by atoms with Crippen molar-refractivity contribution in [3.05, 3.63) is 0 Å². The summed E-state index contributed by atoms with van der Waals surface area (Å²) in [5, 5.41) is 0. The number of likely N-dealkylation sites (tertiary alicyclic amines) is 1. The third-order valence-electron chi connectivity index (χ3n) is 4.70. The highest BCUT2D eigenvalue weighted by Crippen LogP contribution is 2.58. The van der Waals surface area contributed by atoms with E-state index >= 15 is 0 Å². The van der Waals surface area contributed by atoms with Gasteiger partial charge >= 0.3 is 0 Å². The first-order valence-corrected chi connectivity index (χ1v) is 6.78. The summed E-state index contributed by atoms with van der Waals surface area (Å²) in [6, 6.07) is 0.469. The van der Waals surface area contributed by atoms with Gasteiger partial charge in [-0.1, -0.05) is 13.8 Å². The van der Waals surface area contributed by atoms with Crippen LogP contribution in [0.3, 0.4) is 0 Å². The summed E-state index contributed by atoms with van der Waals surface area (Å²) in [5.41, 5.74) is -0.643. The van der Waals surface area contributed by atoms with E-state index in [2.05, 4.69) is 30.6 Å². The molecule has 2 fully saturated rings. The van der Waals surface area contributed by atoms with Gasteiger partial charge in [-0.15, -0.1) is 0 Å². The summed E-state index contributed by atoms with van der Waals surface area (Å²) in [6.45, 7) is 10.7. The summed E-state index contributed by atoms with van der Waals surface area (Å²) >= 11 is 0. The van der Waals surface area contributed by atoms with Gasteiger partial charge in [0.2, 0.25) is 0 Å². The fraction of sp³-hybridized carbons (Fsp3) is 1.00. The minimum atomic E-state index is -2.39. The van der Waals surface area contributed by atoms with Gasteiger partial charge in [-0.25, -0.2) is 8.78 Å². The number of nitrogens with zero attached hydrogens (tertiary/aromatic N) is 2. The molecule has 0 aromatic rings. The quantitative estimate of drug-likeness (QED) is 0.735. The molecule has 2 aliphatic rings. The Kier molecular flexibility index (Phi) is 3.47. The fourth-order valence-electron chi connectivity index (χ4n) is 3.33. The van der Waals surface area contributed by atoms with Crippen LogP contribution in [0.1, 0.15) is 33.6 Å². The van der Waals surface area contributed by atoms with E-state index in [1.165, 1.54) is 0 Å². The molecule has 0 aromatic carbocycles. The lowest BCUT2D eigenvalue weighted by Gasteiger charge is -2.60. The van der Waals surface area contributed by atoms with Crippen molar-refractivity contribution in [2.24, 2.45) is 5.41 Å². The molecule has 1 spiro atoms. The van der Waals surface area contributed by atoms with Crippen molar-refractivity contribution in [1.82, 2.24) is 9.80 Å². The Bertz CT molecular complexity index is 271. The molecule has 0 unspecified atom stereocenters. The second kappa shape index (κ2) is 4.47. The third kappa shape index (κ3) is 2.10. The lowest BCUT2D eigenvalue weighted by Crippen LogP contribution is -2.70. The Balaban J connectivity index is 1.77. The van der Waals surface area contributed by atoms with E-state index in [9.17, 15) is 8.78 Å². The predicted molar refractivity (Wildman–Crippen MR) is 65.4 cm³/mol. The van der Waals surface area contributed by atoms with Crippen LogP contribution in [0.2, 0.25) is 0 Å². The minimum absolute atomic E-state index is 0.104. The third-order valence-corrected chi connectivity index (χ3v) is 4.70. The summed E-state index contributed by atoms with van der Waals surface area (Å²) in [4.78, 5) is 4.57. The van der Waals surface area contributed by atoms with Gasteiger partial charge in [0.15, 0.2) is 0 Å². The predicted octanol–water partition coefficient (Wildman–Crippen LogP) is 2.45. The van der Waals surface area contributed by atoms with Crippen molar-refractivity contribution in [2.45, 2.75) is 45.6 Å². The second-order valence-corrected chi connectivity index (χ2v) is 5.72. The molecule has 1 aliphatic heterocycles. The number of hydrogen-bond acceptors (Lipinski definition) is 2. The van der Waals surface area contributed by atoms with E-state index < -0.39 is 11.3 Å². The van der Waals surface area contributed by atoms with Crippen LogP contribution < -0.4 is 0 Å². The first kappa shape index (κ1) is 13.2. The maximum atomic E-state index is 13.4. The van der Waals surface area contributed by atoms with Gasteiger partial charge in [-0.05, 0) is 26.4 Å². The van der Waals surface area contributed by atoms with E-state index in [1.54, 1.807) is 0 Å². The second-order valence-electron chi connectivity index (χ2n) is 5.72. The van der Waals surface area contributed by atoms with Crippen LogP contribution in [0, 0.1) is 5.41 Å². The highest BCUT2D eigenvalue weighted by atomic mass is 19.3. The monoisotopic (exact) mass is 246 g/mol. The van der Waals surface area contributed by atoms with Crippen molar-refractivity contribution in [3.8, 4) is 0 Å². The average molecular weight is 246 g/mol.